The van der Waals surface area contributed by atoms with Crippen molar-refractivity contribution in [3.05, 3.63) is 98.2 Å². The van der Waals surface area contributed by atoms with Crippen LogP contribution in [0.1, 0.15) is 97.8 Å². The Morgan fingerprint density at radius 3 is 2.48 bits per heavy atom. The zero-order valence-electron chi connectivity index (χ0n) is 32.2. The molecule has 9 rings (SSSR count). The molecule has 6 atom stereocenters. The van der Waals surface area contributed by atoms with E-state index in [1.54, 1.807) is 11.8 Å². The number of Topliss-reactive ketones (excluding diaryl/α,β-unsaturated/α-hetero) is 1. The van der Waals surface area contributed by atoms with Gasteiger partial charge >= 0.3 is 0 Å². The first-order valence-corrected chi connectivity index (χ1v) is 20.1. The van der Waals surface area contributed by atoms with Crippen molar-refractivity contribution in [2.45, 2.75) is 95.0 Å². The van der Waals surface area contributed by atoms with Crippen LogP contribution in [0.25, 0.3) is 16.2 Å². The maximum absolute atomic E-state index is 13.6. The highest BCUT2D eigenvalue weighted by molar-refractivity contribution is 7.17. The van der Waals surface area contributed by atoms with Crippen molar-refractivity contribution in [2.75, 3.05) is 13.7 Å². The summed E-state index contributed by atoms with van der Waals surface area (Å²) in [5, 5.41) is 53.7. The van der Waals surface area contributed by atoms with Crippen molar-refractivity contribution in [2.24, 2.45) is 5.73 Å². The number of rotatable bonds is 6. The van der Waals surface area contributed by atoms with Gasteiger partial charge < -0.3 is 45.5 Å². The highest BCUT2D eigenvalue weighted by Crippen LogP contribution is 2.52. The molecule has 1 fully saturated rings. The molecule has 0 spiro atoms. The number of carbonyl (C=O) groups excluding carboxylic acids is 3. The van der Waals surface area contributed by atoms with Crippen LogP contribution in [0.15, 0.2) is 48.7 Å². The molecule has 4 aliphatic rings. The molecule has 58 heavy (non-hydrogen) atoms. The highest BCUT2D eigenvalue weighted by atomic mass is 32.1. The molecule has 0 bridgehead atoms. The molecule has 0 unspecified atom stereocenters. The van der Waals surface area contributed by atoms with Crippen LogP contribution in [0.4, 0.5) is 0 Å². The van der Waals surface area contributed by atoms with Gasteiger partial charge in [-0.05, 0) is 45.6 Å². The zero-order chi connectivity index (χ0) is 41.2. The lowest BCUT2D eigenvalue weighted by Gasteiger charge is -2.42. The fourth-order valence-electron chi connectivity index (χ4n) is 8.58. The van der Waals surface area contributed by atoms with E-state index < -0.39 is 95.7 Å². The van der Waals surface area contributed by atoms with Crippen LogP contribution < -0.4 is 10.5 Å². The van der Waals surface area contributed by atoms with E-state index in [1.165, 1.54) is 67.8 Å². The van der Waals surface area contributed by atoms with Gasteiger partial charge in [0.25, 0.3) is 0 Å². The average Bonchev–Trinajstić information content (AvgIpc) is 3.78. The standard InChI is InChI=1S/C27H29NO11.C16H16N2S/c1-10-22(31)13(28)6-17(38-10)39-15-8-27(36,16(30)9-29)7-12-19(15)26(35)21-20(24(12)33)23(32)11-4-3-5-14(37-2)18(11)25(21)34;1-11-6-8-12(9-7-11)13-10-18-14-4-2-3-5-15(14)19-16(18)17-13/h3-5,10,13,15,17,22,29,31,33,35-36H,6-9,28H2,1-2H3;6-10H,2-5H2,1H3/t10-,13-,15-,17-,22+,27-;/m0./s1. The molecule has 7 N–H and O–H groups in total. The monoisotopic (exact) mass is 811 g/mol. The number of aromatic nitrogens is 2. The fraction of sp³-hybridized carbons (Fsp3) is 0.395. The summed E-state index contributed by atoms with van der Waals surface area (Å²) in [5.74, 6) is -3.77. The summed E-state index contributed by atoms with van der Waals surface area (Å²) in [5.41, 5.74) is 7.48. The van der Waals surface area contributed by atoms with Crippen LogP contribution in [-0.4, -0.2) is 96.1 Å². The molecule has 0 radical (unpaired) electrons. The summed E-state index contributed by atoms with van der Waals surface area (Å²) in [7, 11) is 1.32. The summed E-state index contributed by atoms with van der Waals surface area (Å²) >= 11 is 1.87. The maximum Gasteiger partial charge on any atom is 0.202 e. The lowest BCUT2D eigenvalue weighted by atomic mass is 9.72. The molecule has 1 aliphatic heterocycles. The Balaban J connectivity index is 0.000000204. The molecule has 5 aromatic rings. The molecule has 14 nitrogen and oxygen atoms in total. The Kier molecular flexibility index (Phi) is 10.5. The summed E-state index contributed by atoms with van der Waals surface area (Å²) < 4.78 is 19.3. The number of ketones is 3. The van der Waals surface area contributed by atoms with E-state index in [9.17, 15) is 39.9 Å². The third-order valence-electron chi connectivity index (χ3n) is 11.7. The molecular formula is C43H45N3O11S. The lowest BCUT2D eigenvalue weighted by Crippen LogP contribution is -2.53. The smallest absolute Gasteiger partial charge is 0.202 e. The highest BCUT2D eigenvalue weighted by Gasteiger charge is 2.50. The number of imidazole rings is 1. The van der Waals surface area contributed by atoms with E-state index in [4.69, 9.17) is 24.9 Å². The van der Waals surface area contributed by atoms with Crippen molar-refractivity contribution >= 4 is 33.6 Å². The topological polar surface area (TPSA) is 223 Å². The number of aliphatic hydroxyl groups excluding tert-OH is 2. The van der Waals surface area contributed by atoms with E-state index in [0.717, 1.165) is 10.7 Å². The van der Waals surface area contributed by atoms with E-state index in [2.05, 4.69) is 41.8 Å². The minimum absolute atomic E-state index is 0.0173. The predicted octanol–water partition coefficient (Wildman–Crippen LogP) is 4.25. The molecule has 0 amide bonds. The van der Waals surface area contributed by atoms with Gasteiger partial charge in [0.15, 0.2) is 22.8 Å². The average molecular weight is 812 g/mol. The molecule has 3 aromatic carbocycles. The number of hydrogen-bond acceptors (Lipinski definition) is 14. The number of methoxy groups -OCH3 is 1. The van der Waals surface area contributed by atoms with Gasteiger partial charge in [0.1, 0.15) is 29.5 Å². The summed E-state index contributed by atoms with van der Waals surface area (Å²) in [6, 6.07) is 12.3. The first kappa shape index (κ1) is 39.8. The van der Waals surface area contributed by atoms with Crippen molar-refractivity contribution in [1.82, 2.24) is 9.38 Å². The number of phenolic OH excluding ortho intramolecular Hbond substituents is 2. The quantitative estimate of drug-likeness (QED) is 0.130. The molecule has 0 saturated carbocycles. The molecule has 3 aliphatic carbocycles. The van der Waals surface area contributed by atoms with Gasteiger partial charge in [-0.25, -0.2) is 4.98 Å². The summed E-state index contributed by atoms with van der Waals surface area (Å²) in [4.78, 5) is 47.2. The minimum atomic E-state index is -2.24. The third kappa shape index (κ3) is 6.70. The Morgan fingerprint density at radius 1 is 1.05 bits per heavy atom. The van der Waals surface area contributed by atoms with Crippen LogP contribution in [-0.2, 0) is 33.5 Å². The Labute approximate surface area is 337 Å². The van der Waals surface area contributed by atoms with E-state index in [0.29, 0.717) is 0 Å². The van der Waals surface area contributed by atoms with Crippen LogP contribution >= 0.6 is 11.3 Å². The number of nitrogens with two attached hydrogens (primary N) is 1. The number of carbonyl (C=O) groups is 3. The Morgan fingerprint density at radius 2 is 1.78 bits per heavy atom. The molecule has 304 valence electrons. The van der Waals surface area contributed by atoms with E-state index >= 15 is 0 Å². The molecular weight excluding hydrogens is 767 g/mol. The van der Waals surface area contributed by atoms with Gasteiger partial charge in [-0.2, -0.15) is 0 Å². The van der Waals surface area contributed by atoms with Crippen molar-refractivity contribution in [1.29, 1.82) is 0 Å². The van der Waals surface area contributed by atoms with Crippen LogP contribution in [0.3, 0.4) is 0 Å². The number of aryl methyl sites for hydroxylation is 3. The third-order valence-corrected chi connectivity index (χ3v) is 12.9. The predicted molar refractivity (Wildman–Crippen MR) is 212 cm³/mol. The van der Waals surface area contributed by atoms with E-state index in [-0.39, 0.29) is 34.4 Å². The van der Waals surface area contributed by atoms with Crippen molar-refractivity contribution in [3.8, 4) is 28.5 Å². The molecule has 1 saturated heterocycles. The lowest BCUT2D eigenvalue weighted by molar-refractivity contribution is -0.247. The number of ether oxygens (including phenoxy) is 3. The van der Waals surface area contributed by atoms with Crippen molar-refractivity contribution in [3.63, 3.8) is 0 Å². The first-order valence-electron chi connectivity index (χ1n) is 19.3. The van der Waals surface area contributed by atoms with Gasteiger partial charge in [-0.1, -0.05) is 42.0 Å². The molecule has 3 heterocycles. The fourth-order valence-corrected chi connectivity index (χ4v) is 9.77. The summed E-state index contributed by atoms with van der Waals surface area (Å²) in [6.45, 7) is 2.68. The number of thiazole rings is 1. The van der Waals surface area contributed by atoms with Gasteiger partial charge in [0.2, 0.25) is 5.78 Å². The number of phenols is 2. The SMILES string of the molecule is COc1cccc2c1C(=O)c1c(O)c3c(c(O)c1C2=O)C[C@@](O)(C(=O)CO)C[C@@H]3O[C@H]1C[C@H](N)[C@H](O)[C@H](C)O1.Cc1ccc(-c2cn3c4c(sc3n2)CCCC4)cc1. The minimum Gasteiger partial charge on any atom is -0.507 e. The van der Waals surface area contributed by atoms with Crippen molar-refractivity contribution < 1.29 is 54.1 Å². The summed E-state index contributed by atoms with van der Waals surface area (Å²) in [6.07, 6.45) is 2.18. The van der Waals surface area contributed by atoms with E-state index in [1.807, 2.05) is 11.3 Å². The molecule has 15 heteroatoms. The Hall–Kier alpha value is -5.00. The number of nitrogens with zero attached hydrogens (tertiary/aromatic N) is 2. The second-order valence-electron chi connectivity index (χ2n) is 15.5. The zero-order valence-corrected chi connectivity index (χ0v) is 33.0. The second-order valence-corrected chi connectivity index (χ2v) is 16.5. The van der Waals surface area contributed by atoms with Crippen LogP contribution in [0.5, 0.6) is 17.2 Å². The largest absolute Gasteiger partial charge is 0.507 e. The van der Waals surface area contributed by atoms with Gasteiger partial charge in [-0.15, -0.1) is 11.3 Å². The number of aliphatic hydroxyl groups is 3. The van der Waals surface area contributed by atoms with Crippen LogP contribution in [0.2, 0.25) is 0 Å². The first-order chi connectivity index (χ1) is 27.7. The maximum atomic E-state index is 13.6. The van der Waals surface area contributed by atoms with Crippen LogP contribution in [0, 0.1) is 6.92 Å². The number of fused-ring (bicyclic) bond motifs is 6. The number of hydrogen-bond donors (Lipinski definition) is 6. The molecule has 2 aromatic heterocycles. The van der Waals surface area contributed by atoms with Gasteiger partial charge in [-0.3, -0.25) is 18.8 Å². The number of aromatic hydroxyl groups is 2. The number of benzene rings is 3. The second kappa shape index (κ2) is 15.3. The normalized spacial score (nSPS) is 24.9. The Bertz CT molecular complexity index is 2450. The van der Waals surface area contributed by atoms with Gasteiger partial charge in [0.05, 0.1) is 47.8 Å². The van der Waals surface area contributed by atoms with Gasteiger partial charge in [0, 0.05) is 64.3 Å².